The number of fused-ring (bicyclic) bond motifs is 1. The van der Waals surface area contributed by atoms with Gasteiger partial charge < -0.3 is 4.90 Å². The number of amides is 1. The van der Waals surface area contributed by atoms with Gasteiger partial charge in [-0.25, -0.2) is 0 Å². The molecule has 0 aliphatic carbocycles. The highest BCUT2D eigenvalue weighted by molar-refractivity contribution is 5.95. The number of rotatable bonds is 0. The Hall–Kier alpha value is -1.31. The van der Waals surface area contributed by atoms with E-state index in [-0.39, 0.29) is 5.91 Å². The zero-order valence-electron chi connectivity index (χ0n) is 8.00. The summed E-state index contributed by atoms with van der Waals surface area (Å²) in [6.07, 6.45) is 1.53. The first-order chi connectivity index (χ1) is 6.18. The highest BCUT2D eigenvalue weighted by Crippen LogP contribution is 2.27. The summed E-state index contributed by atoms with van der Waals surface area (Å²) in [5.41, 5.74) is 3.57. The molecule has 0 aromatic heterocycles. The molecule has 13 heavy (non-hydrogen) atoms. The van der Waals surface area contributed by atoms with Crippen LogP contribution in [0.1, 0.15) is 17.5 Å². The topological polar surface area (TPSA) is 20.3 Å². The predicted octanol–water partition coefficient (Wildman–Crippen LogP) is 1.90. The number of carbonyl (C=O) groups is 1. The Morgan fingerprint density at radius 1 is 1.31 bits per heavy atom. The lowest BCUT2D eigenvalue weighted by Gasteiger charge is -2.25. The van der Waals surface area contributed by atoms with Gasteiger partial charge in [-0.15, -0.1) is 0 Å². The molecule has 1 heterocycles. The maximum absolute atomic E-state index is 11.4. The molecular weight excluding hydrogens is 162 g/mol. The second-order valence-electron chi connectivity index (χ2n) is 3.58. The first kappa shape index (κ1) is 8.30. The molecule has 1 aliphatic heterocycles. The molecule has 1 aliphatic rings. The van der Waals surface area contributed by atoms with Crippen molar-refractivity contribution in [3.05, 3.63) is 29.3 Å². The van der Waals surface area contributed by atoms with Crippen LogP contribution in [-0.4, -0.2) is 13.0 Å². The summed E-state index contributed by atoms with van der Waals surface area (Å²) in [7, 11) is 1.85. The number of hydrogen-bond donors (Lipinski definition) is 0. The van der Waals surface area contributed by atoms with E-state index in [1.54, 1.807) is 4.90 Å². The average molecular weight is 175 g/mol. The molecule has 2 nitrogen and oxygen atoms in total. The second kappa shape index (κ2) is 2.87. The van der Waals surface area contributed by atoms with Gasteiger partial charge in [0.1, 0.15) is 0 Å². The summed E-state index contributed by atoms with van der Waals surface area (Å²) >= 11 is 0. The van der Waals surface area contributed by atoms with Crippen LogP contribution in [0.25, 0.3) is 0 Å². The van der Waals surface area contributed by atoms with Crippen molar-refractivity contribution >= 4 is 11.6 Å². The molecule has 1 aromatic carbocycles. The van der Waals surface area contributed by atoms with Gasteiger partial charge in [-0.2, -0.15) is 0 Å². The van der Waals surface area contributed by atoms with Crippen LogP contribution in [0.4, 0.5) is 5.69 Å². The second-order valence-corrected chi connectivity index (χ2v) is 3.58. The van der Waals surface area contributed by atoms with Gasteiger partial charge in [0.15, 0.2) is 0 Å². The third-order valence-electron chi connectivity index (χ3n) is 2.58. The molecule has 68 valence electrons. The number of nitrogens with zero attached hydrogens (tertiary/aromatic N) is 1. The lowest BCUT2D eigenvalue weighted by Crippen LogP contribution is -2.31. The zero-order chi connectivity index (χ0) is 9.42. The molecule has 0 radical (unpaired) electrons. The Labute approximate surface area is 78.2 Å². The van der Waals surface area contributed by atoms with Crippen molar-refractivity contribution in [2.75, 3.05) is 11.9 Å². The van der Waals surface area contributed by atoms with E-state index < -0.39 is 0 Å². The quantitative estimate of drug-likeness (QED) is 0.589. The van der Waals surface area contributed by atoms with Crippen molar-refractivity contribution in [3.63, 3.8) is 0 Å². The first-order valence-electron chi connectivity index (χ1n) is 4.54. The lowest BCUT2D eigenvalue weighted by molar-refractivity contribution is -0.118. The number of benzene rings is 1. The minimum absolute atomic E-state index is 0.220. The fourth-order valence-electron chi connectivity index (χ4n) is 1.74. The Kier molecular flexibility index (Phi) is 1.83. The molecule has 0 N–H and O–H groups in total. The fourth-order valence-corrected chi connectivity index (χ4v) is 1.74. The van der Waals surface area contributed by atoms with Crippen molar-refractivity contribution in [1.29, 1.82) is 0 Å². The Bertz CT molecular complexity index is 357. The van der Waals surface area contributed by atoms with Gasteiger partial charge in [-0.1, -0.05) is 12.1 Å². The number of carbonyl (C=O) groups excluding carboxylic acids is 1. The van der Waals surface area contributed by atoms with E-state index in [0.29, 0.717) is 6.42 Å². The fraction of sp³-hybridized carbons (Fsp3) is 0.364. The highest BCUT2D eigenvalue weighted by Gasteiger charge is 2.19. The van der Waals surface area contributed by atoms with Gasteiger partial charge >= 0.3 is 0 Å². The molecule has 0 spiro atoms. The summed E-state index contributed by atoms with van der Waals surface area (Å²) in [6, 6.07) is 6.29. The molecule has 0 fully saturated rings. The third kappa shape index (κ3) is 1.32. The molecule has 2 rings (SSSR count). The third-order valence-corrected chi connectivity index (χ3v) is 2.58. The van der Waals surface area contributed by atoms with Crippen LogP contribution in [0.5, 0.6) is 0 Å². The van der Waals surface area contributed by atoms with E-state index in [1.807, 2.05) is 14.0 Å². The van der Waals surface area contributed by atoms with E-state index in [4.69, 9.17) is 0 Å². The van der Waals surface area contributed by atoms with Crippen LogP contribution in [0.2, 0.25) is 0 Å². The van der Waals surface area contributed by atoms with E-state index >= 15 is 0 Å². The van der Waals surface area contributed by atoms with Crippen LogP contribution in [-0.2, 0) is 11.2 Å². The summed E-state index contributed by atoms with van der Waals surface area (Å²) in [6.45, 7) is 2.05. The van der Waals surface area contributed by atoms with Gasteiger partial charge in [0.05, 0.1) is 0 Å². The van der Waals surface area contributed by atoms with Gasteiger partial charge in [0.2, 0.25) is 5.91 Å². The predicted molar refractivity (Wildman–Crippen MR) is 52.9 cm³/mol. The van der Waals surface area contributed by atoms with Crippen molar-refractivity contribution in [3.8, 4) is 0 Å². The summed E-state index contributed by atoms with van der Waals surface area (Å²) in [5, 5.41) is 0. The smallest absolute Gasteiger partial charge is 0.227 e. The zero-order valence-corrected chi connectivity index (χ0v) is 8.00. The van der Waals surface area contributed by atoms with Crippen molar-refractivity contribution in [2.24, 2.45) is 0 Å². The summed E-state index contributed by atoms with van der Waals surface area (Å²) in [5.74, 6) is 0.220. The van der Waals surface area contributed by atoms with Crippen LogP contribution in [0, 0.1) is 6.92 Å². The van der Waals surface area contributed by atoms with E-state index in [0.717, 1.165) is 12.1 Å². The summed E-state index contributed by atoms with van der Waals surface area (Å²) < 4.78 is 0. The summed E-state index contributed by atoms with van der Waals surface area (Å²) in [4.78, 5) is 13.1. The number of hydrogen-bond acceptors (Lipinski definition) is 1. The van der Waals surface area contributed by atoms with Gasteiger partial charge in [-0.3, -0.25) is 4.79 Å². The van der Waals surface area contributed by atoms with E-state index in [2.05, 4.69) is 18.2 Å². The van der Waals surface area contributed by atoms with E-state index in [1.165, 1.54) is 11.1 Å². The normalized spacial score (nSPS) is 15.8. The number of anilines is 1. The minimum atomic E-state index is 0.220. The van der Waals surface area contributed by atoms with Gasteiger partial charge in [0, 0.05) is 19.2 Å². The monoisotopic (exact) mass is 175 g/mol. The largest absolute Gasteiger partial charge is 0.315 e. The molecule has 0 saturated carbocycles. The van der Waals surface area contributed by atoms with E-state index in [9.17, 15) is 4.79 Å². The van der Waals surface area contributed by atoms with Crippen LogP contribution in [0.15, 0.2) is 18.2 Å². The molecule has 1 aromatic rings. The highest BCUT2D eigenvalue weighted by atomic mass is 16.2. The molecular formula is C11H13NO. The Morgan fingerprint density at radius 3 is 2.85 bits per heavy atom. The van der Waals surface area contributed by atoms with Crippen LogP contribution >= 0.6 is 0 Å². The minimum Gasteiger partial charge on any atom is -0.315 e. The molecule has 0 atom stereocenters. The van der Waals surface area contributed by atoms with Crippen molar-refractivity contribution < 1.29 is 4.79 Å². The molecule has 0 saturated heterocycles. The average Bonchev–Trinajstić information content (AvgIpc) is 2.12. The Balaban J connectivity index is 2.51. The lowest BCUT2D eigenvalue weighted by atomic mass is 10.00. The Morgan fingerprint density at radius 2 is 2.08 bits per heavy atom. The molecule has 0 unspecified atom stereocenters. The SMILES string of the molecule is Cc1ccc2c(c1)N(C)C(=O)CC2. The maximum Gasteiger partial charge on any atom is 0.227 e. The van der Waals surface area contributed by atoms with Gasteiger partial charge in [0.25, 0.3) is 0 Å². The standard InChI is InChI=1S/C11H13NO/c1-8-3-4-9-5-6-11(13)12(2)10(9)7-8/h3-4,7H,5-6H2,1-2H3. The van der Waals surface area contributed by atoms with Gasteiger partial charge in [-0.05, 0) is 30.5 Å². The van der Waals surface area contributed by atoms with Crippen molar-refractivity contribution in [2.45, 2.75) is 19.8 Å². The molecule has 2 heteroatoms. The van der Waals surface area contributed by atoms with Crippen LogP contribution in [0.3, 0.4) is 0 Å². The maximum atomic E-state index is 11.4. The first-order valence-corrected chi connectivity index (χ1v) is 4.54. The van der Waals surface area contributed by atoms with Crippen molar-refractivity contribution in [1.82, 2.24) is 0 Å². The molecule has 0 bridgehead atoms. The number of aryl methyl sites for hydroxylation is 2. The molecule has 1 amide bonds. The van der Waals surface area contributed by atoms with Crippen LogP contribution < -0.4 is 4.90 Å².